The molecule has 1 aliphatic rings. The van der Waals surface area contributed by atoms with Crippen LogP contribution in [0.2, 0.25) is 0 Å². The third-order valence-corrected chi connectivity index (χ3v) is 7.82. The standard InChI is InChI=1S/C30H26FN3O3S2/c1-19-9-11-21(16-24(19)31)28-22(18-34(32-28)23-7-5-4-6-8-23)17-27-29(35)33(30(38)39-27)14-13-20-10-12-25(36-2)26(15-20)37-3/h4-12,15-18H,13-14H2,1-3H3. The summed E-state index contributed by atoms with van der Waals surface area (Å²) in [7, 11) is 3.18. The number of hydrogen-bond donors (Lipinski definition) is 0. The molecule has 0 aliphatic carbocycles. The average Bonchev–Trinajstić information content (AvgIpc) is 3.49. The SMILES string of the molecule is COc1ccc(CCN2C(=O)C(=Cc3cn(-c4ccccc4)nc3-c3ccc(C)c(F)c3)SC2=S)cc1OC. The molecule has 0 saturated carbocycles. The lowest BCUT2D eigenvalue weighted by Crippen LogP contribution is -2.30. The highest BCUT2D eigenvalue weighted by molar-refractivity contribution is 8.26. The van der Waals surface area contributed by atoms with Crippen molar-refractivity contribution in [2.45, 2.75) is 13.3 Å². The Labute approximate surface area is 236 Å². The van der Waals surface area contributed by atoms with Gasteiger partial charge in [0.1, 0.15) is 15.8 Å². The van der Waals surface area contributed by atoms with Crippen LogP contribution in [0.15, 0.2) is 77.8 Å². The van der Waals surface area contributed by atoms with E-state index in [9.17, 15) is 9.18 Å². The van der Waals surface area contributed by atoms with E-state index in [0.29, 0.717) is 56.1 Å². The van der Waals surface area contributed by atoms with Crippen molar-refractivity contribution >= 4 is 40.3 Å². The first-order valence-corrected chi connectivity index (χ1v) is 13.5. The predicted octanol–water partition coefficient (Wildman–Crippen LogP) is 6.45. The van der Waals surface area contributed by atoms with Gasteiger partial charge in [0.2, 0.25) is 0 Å². The highest BCUT2D eigenvalue weighted by Gasteiger charge is 2.32. The quantitative estimate of drug-likeness (QED) is 0.183. The van der Waals surface area contributed by atoms with Gasteiger partial charge in [-0.2, -0.15) is 5.10 Å². The summed E-state index contributed by atoms with van der Waals surface area (Å²) in [5, 5.41) is 4.75. The summed E-state index contributed by atoms with van der Waals surface area (Å²) in [6.45, 7) is 2.15. The van der Waals surface area contributed by atoms with E-state index in [0.717, 1.165) is 11.3 Å². The first-order valence-electron chi connectivity index (χ1n) is 12.3. The molecule has 1 aliphatic heterocycles. The van der Waals surface area contributed by atoms with Gasteiger partial charge >= 0.3 is 0 Å². The first kappa shape index (κ1) is 26.6. The number of para-hydroxylation sites is 1. The van der Waals surface area contributed by atoms with E-state index >= 15 is 0 Å². The first-order chi connectivity index (χ1) is 18.9. The molecule has 0 radical (unpaired) electrons. The van der Waals surface area contributed by atoms with E-state index in [1.807, 2.05) is 60.8 Å². The number of aromatic nitrogens is 2. The molecule has 0 N–H and O–H groups in total. The van der Waals surface area contributed by atoms with Crippen molar-refractivity contribution in [3.63, 3.8) is 0 Å². The number of amides is 1. The maximum absolute atomic E-state index is 14.5. The van der Waals surface area contributed by atoms with Gasteiger partial charge in [0.25, 0.3) is 5.91 Å². The number of thiocarbonyl (C=S) groups is 1. The molecule has 9 heteroatoms. The van der Waals surface area contributed by atoms with E-state index in [4.69, 9.17) is 26.8 Å². The van der Waals surface area contributed by atoms with Crippen molar-refractivity contribution in [1.82, 2.24) is 14.7 Å². The molecule has 0 atom stereocenters. The Kier molecular flexibility index (Phi) is 7.81. The summed E-state index contributed by atoms with van der Waals surface area (Å²) in [5.41, 5.74) is 4.31. The zero-order valence-electron chi connectivity index (χ0n) is 21.7. The molecule has 2 heterocycles. The maximum atomic E-state index is 14.5. The third kappa shape index (κ3) is 5.60. The number of hydrogen-bond acceptors (Lipinski definition) is 6. The predicted molar refractivity (Wildman–Crippen MR) is 157 cm³/mol. The molecule has 1 aromatic heterocycles. The minimum atomic E-state index is -0.311. The van der Waals surface area contributed by atoms with Crippen LogP contribution in [0.4, 0.5) is 4.39 Å². The van der Waals surface area contributed by atoms with Crippen LogP contribution in [-0.4, -0.2) is 45.7 Å². The zero-order valence-corrected chi connectivity index (χ0v) is 23.3. The minimum absolute atomic E-state index is 0.168. The summed E-state index contributed by atoms with van der Waals surface area (Å²) in [6.07, 6.45) is 4.23. The van der Waals surface area contributed by atoms with Gasteiger partial charge in [-0.3, -0.25) is 9.69 Å². The van der Waals surface area contributed by atoms with Gasteiger partial charge in [0.15, 0.2) is 11.5 Å². The number of aryl methyl sites for hydroxylation is 1. The Morgan fingerprint density at radius 3 is 2.51 bits per heavy atom. The van der Waals surface area contributed by atoms with Crippen molar-refractivity contribution in [2.75, 3.05) is 20.8 Å². The van der Waals surface area contributed by atoms with Gasteiger partial charge in [-0.15, -0.1) is 0 Å². The van der Waals surface area contributed by atoms with E-state index in [1.165, 1.54) is 17.8 Å². The average molecular weight is 560 g/mol. The molecule has 39 heavy (non-hydrogen) atoms. The van der Waals surface area contributed by atoms with Crippen LogP contribution in [0.1, 0.15) is 16.7 Å². The fourth-order valence-corrected chi connectivity index (χ4v) is 5.58. The summed E-state index contributed by atoms with van der Waals surface area (Å²) in [4.78, 5) is 15.5. The molecule has 1 fully saturated rings. The van der Waals surface area contributed by atoms with Crippen LogP contribution >= 0.6 is 24.0 Å². The number of rotatable bonds is 8. The molecule has 0 unspecified atom stereocenters. The second-order valence-electron chi connectivity index (χ2n) is 8.95. The zero-order chi connectivity index (χ0) is 27.5. The van der Waals surface area contributed by atoms with Crippen molar-refractivity contribution in [2.24, 2.45) is 0 Å². The topological polar surface area (TPSA) is 56.6 Å². The van der Waals surface area contributed by atoms with Crippen molar-refractivity contribution in [1.29, 1.82) is 0 Å². The molecule has 4 aromatic rings. The Morgan fingerprint density at radius 2 is 1.79 bits per heavy atom. The highest BCUT2D eigenvalue weighted by atomic mass is 32.2. The minimum Gasteiger partial charge on any atom is -0.493 e. The summed E-state index contributed by atoms with van der Waals surface area (Å²) < 4.78 is 27.4. The lowest BCUT2D eigenvalue weighted by Gasteiger charge is -2.15. The summed E-state index contributed by atoms with van der Waals surface area (Å²) >= 11 is 6.82. The number of benzene rings is 3. The monoisotopic (exact) mass is 559 g/mol. The van der Waals surface area contributed by atoms with E-state index in [1.54, 1.807) is 42.9 Å². The molecule has 0 spiro atoms. The molecule has 1 saturated heterocycles. The lowest BCUT2D eigenvalue weighted by atomic mass is 10.1. The lowest BCUT2D eigenvalue weighted by molar-refractivity contribution is -0.122. The van der Waals surface area contributed by atoms with Crippen LogP contribution < -0.4 is 9.47 Å². The number of nitrogens with zero attached hydrogens (tertiary/aromatic N) is 3. The van der Waals surface area contributed by atoms with Gasteiger partial charge in [-0.25, -0.2) is 9.07 Å². The van der Waals surface area contributed by atoms with Crippen LogP contribution in [0.3, 0.4) is 0 Å². The van der Waals surface area contributed by atoms with Gasteiger partial charge in [-0.05, 0) is 60.9 Å². The van der Waals surface area contributed by atoms with Crippen LogP contribution in [0.25, 0.3) is 23.0 Å². The molecule has 6 nitrogen and oxygen atoms in total. The molecule has 0 bridgehead atoms. The third-order valence-electron chi connectivity index (χ3n) is 6.44. The van der Waals surface area contributed by atoms with E-state index < -0.39 is 0 Å². The number of carbonyl (C=O) groups is 1. The molecule has 1 amide bonds. The number of thioether (sulfide) groups is 1. The smallest absolute Gasteiger partial charge is 0.266 e. The van der Waals surface area contributed by atoms with Crippen molar-refractivity contribution < 1.29 is 18.7 Å². The maximum Gasteiger partial charge on any atom is 0.266 e. The van der Waals surface area contributed by atoms with Gasteiger partial charge in [0, 0.05) is 23.9 Å². The molecular weight excluding hydrogens is 533 g/mol. The van der Waals surface area contributed by atoms with Gasteiger partial charge in [0.05, 0.1) is 24.8 Å². The second kappa shape index (κ2) is 11.4. The number of halogens is 1. The van der Waals surface area contributed by atoms with Crippen LogP contribution in [0.5, 0.6) is 11.5 Å². The number of ether oxygens (including phenoxy) is 2. The Hall–Kier alpha value is -3.95. The fraction of sp³-hybridized carbons (Fsp3) is 0.167. The van der Waals surface area contributed by atoms with Crippen molar-refractivity contribution in [3.05, 3.63) is 100 Å². The van der Waals surface area contributed by atoms with Crippen LogP contribution in [0, 0.1) is 12.7 Å². The number of methoxy groups -OCH3 is 2. The molecule has 5 rings (SSSR count). The largest absolute Gasteiger partial charge is 0.493 e. The summed E-state index contributed by atoms with van der Waals surface area (Å²) in [5.74, 6) is 0.805. The van der Waals surface area contributed by atoms with Gasteiger partial charge in [-0.1, -0.05) is 60.4 Å². The second-order valence-corrected chi connectivity index (χ2v) is 10.6. The van der Waals surface area contributed by atoms with E-state index in [2.05, 4.69) is 0 Å². The molecular formula is C30H26FN3O3S2. The van der Waals surface area contributed by atoms with Crippen molar-refractivity contribution in [3.8, 4) is 28.4 Å². The summed E-state index contributed by atoms with van der Waals surface area (Å²) in [6, 6.07) is 20.4. The molecule has 198 valence electrons. The highest BCUT2D eigenvalue weighted by Crippen LogP contribution is 2.35. The Morgan fingerprint density at radius 1 is 1.03 bits per heavy atom. The fourth-order valence-electron chi connectivity index (χ4n) is 4.28. The van der Waals surface area contributed by atoms with E-state index in [-0.39, 0.29) is 11.7 Å². The van der Waals surface area contributed by atoms with Crippen LogP contribution in [-0.2, 0) is 11.2 Å². The number of carbonyl (C=O) groups excluding carboxylic acids is 1. The van der Waals surface area contributed by atoms with Gasteiger partial charge < -0.3 is 9.47 Å². The Balaban J connectivity index is 1.43. The molecule has 3 aromatic carbocycles. The Bertz CT molecular complexity index is 1580. The normalized spacial score (nSPS) is 14.4.